The lowest BCUT2D eigenvalue weighted by Gasteiger charge is -2.13. The van der Waals surface area contributed by atoms with Crippen molar-refractivity contribution in [3.05, 3.63) is 41.9 Å². The predicted octanol–water partition coefficient (Wildman–Crippen LogP) is 2.14. The zero-order valence-corrected chi connectivity index (χ0v) is 15.1. The molecule has 0 fully saturated rings. The van der Waals surface area contributed by atoms with Crippen LogP contribution in [0.5, 0.6) is 11.5 Å². The molecule has 1 aliphatic heterocycles. The van der Waals surface area contributed by atoms with Gasteiger partial charge in [0.15, 0.2) is 11.5 Å². The van der Waals surface area contributed by atoms with Gasteiger partial charge in [-0.25, -0.2) is 9.97 Å². The summed E-state index contributed by atoms with van der Waals surface area (Å²) in [5.41, 5.74) is 8.58. The van der Waals surface area contributed by atoms with E-state index in [-0.39, 0.29) is 5.69 Å². The molecule has 1 aromatic carbocycles. The highest BCUT2D eigenvalue weighted by Crippen LogP contribution is 2.43. The molecule has 1 aliphatic rings. The van der Waals surface area contributed by atoms with Crippen LogP contribution in [0, 0.1) is 11.3 Å². The summed E-state index contributed by atoms with van der Waals surface area (Å²) in [5, 5.41) is 19.2. The molecule has 142 valence electrons. The lowest BCUT2D eigenvalue weighted by molar-refractivity contribution is 0.311. The number of benzene rings is 1. The summed E-state index contributed by atoms with van der Waals surface area (Å²) >= 11 is 0. The van der Waals surface area contributed by atoms with Gasteiger partial charge in [-0.3, -0.25) is 5.10 Å². The Balaban J connectivity index is 1.62. The quantitative estimate of drug-likeness (QED) is 0.533. The van der Waals surface area contributed by atoms with E-state index in [1.54, 1.807) is 0 Å². The van der Waals surface area contributed by atoms with Crippen LogP contribution in [-0.2, 0) is 6.42 Å². The zero-order chi connectivity index (χ0) is 19.3. The van der Waals surface area contributed by atoms with Crippen molar-refractivity contribution in [1.29, 1.82) is 5.26 Å². The fourth-order valence-electron chi connectivity index (χ4n) is 2.97. The van der Waals surface area contributed by atoms with Crippen LogP contribution >= 0.6 is 0 Å². The van der Waals surface area contributed by atoms with Crippen molar-refractivity contribution in [3.63, 3.8) is 0 Å². The highest BCUT2D eigenvalue weighted by Gasteiger charge is 2.23. The van der Waals surface area contributed by atoms with E-state index < -0.39 is 0 Å². The van der Waals surface area contributed by atoms with Crippen LogP contribution in [0.2, 0.25) is 0 Å². The van der Waals surface area contributed by atoms with Crippen molar-refractivity contribution in [2.45, 2.75) is 12.8 Å². The maximum absolute atomic E-state index is 8.81. The van der Waals surface area contributed by atoms with Gasteiger partial charge in [0.25, 0.3) is 0 Å². The van der Waals surface area contributed by atoms with E-state index in [1.165, 1.54) is 12.4 Å². The van der Waals surface area contributed by atoms with E-state index >= 15 is 0 Å². The highest BCUT2D eigenvalue weighted by atomic mass is 16.5. The van der Waals surface area contributed by atoms with Gasteiger partial charge in [-0.1, -0.05) is 6.07 Å². The minimum Gasteiger partial charge on any atom is -0.493 e. The SMILES string of the molecule is N#Cc1cnc(Nc2cc(-c3c(OCCCN)ccc4c3OCC4)[nH]n2)cn1. The fourth-order valence-corrected chi connectivity index (χ4v) is 2.97. The van der Waals surface area contributed by atoms with Crippen LogP contribution in [0.4, 0.5) is 11.6 Å². The van der Waals surface area contributed by atoms with Crippen LogP contribution in [0.25, 0.3) is 11.3 Å². The van der Waals surface area contributed by atoms with Gasteiger partial charge in [0.05, 0.1) is 36.9 Å². The molecule has 0 saturated carbocycles. The summed E-state index contributed by atoms with van der Waals surface area (Å²) in [5.74, 6) is 2.60. The molecule has 3 heterocycles. The van der Waals surface area contributed by atoms with E-state index in [2.05, 4.69) is 25.5 Å². The third kappa shape index (κ3) is 3.58. The topological polar surface area (TPSA) is 135 Å². The molecule has 0 amide bonds. The number of hydrogen-bond acceptors (Lipinski definition) is 8. The maximum Gasteiger partial charge on any atom is 0.158 e. The molecular weight excluding hydrogens is 358 g/mol. The molecule has 3 aromatic rings. The summed E-state index contributed by atoms with van der Waals surface area (Å²) in [4.78, 5) is 8.13. The smallest absolute Gasteiger partial charge is 0.158 e. The maximum atomic E-state index is 8.81. The molecule has 9 nitrogen and oxygen atoms in total. The van der Waals surface area contributed by atoms with Gasteiger partial charge in [0.1, 0.15) is 23.4 Å². The first kappa shape index (κ1) is 17.8. The lowest BCUT2D eigenvalue weighted by Crippen LogP contribution is -2.07. The minimum atomic E-state index is 0.254. The average Bonchev–Trinajstić information content (AvgIpc) is 3.38. The highest BCUT2D eigenvalue weighted by molar-refractivity contribution is 5.78. The molecule has 0 unspecified atom stereocenters. The number of nitriles is 1. The number of anilines is 2. The third-order valence-electron chi connectivity index (χ3n) is 4.29. The van der Waals surface area contributed by atoms with E-state index in [0.717, 1.165) is 41.2 Å². The Morgan fingerprint density at radius 3 is 3.00 bits per heavy atom. The first-order valence-corrected chi connectivity index (χ1v) is 8.95. The second-order valence-electron chi connectivity index (χ2n) is 6.21. The van der Waals surface area contributed by atoms with Gasteiger partial charge in [-0.2, -0.15) is 10.4 Å². The molecule has 0 radical (unpaired) electrons. The molecule has 2 aromatic heterocycles. The number of nitrogens with one attached hydrogen (secondary N) is 2. The van der Waals surface area contributed by atoms with Crippen molar-refractivity contribution in [3.8, 4) is 28.8 Å². The van der Waals surface area contributed by atoms with Gasteiger partial charge in [-0.15, -0.1) is 0 Å². The Hall–Kier alpha value is -3.64. The standard InChI is InChI=1S/C19H19N7O2/c20-5-1-6-27-15-3-2-12-4-7-28-19(12)18(15)14-8-16(26-25-14)24-17-11-22-13(9-21)10-23-17/h2-3,8,10-11H,1,4-7,20H2,(H2,23,24,25,26). The number of nitrogens with zero attached hydrogens (tertiary/aromatic N) is 4. The molecule has 9 heteroatoms. The van der Waals surface area contributed by atoms with Crippen molar-refractivity contribution in [2.24, 2.45) is 5.73 Å². The minimum absolute atomic E-state index is 0.254. The number of hydrogen-bond donors (Lipinski definition) is 3. The monoisotopic (exact) mass is 377 g/mol. The number of rotatable bonds is 7. The van der Waals surface area contributed by atoms with Gasteiger partial charge >= 0.3 is 0 Å². The zero-order valence-electron chi connectivity index (χ0n) is 15.1. The molecule has 0 atom stereocenters. The van der Waals surface area contributed by atoms with E-state index in [1.807, 2.05) is 24.3 Å². The second-order valence-corrected chi connectivity index (χ2v) is 6.21. The number of H-pyrrole nitrogens is 1. The number of aromatic amines is 1. The van der Waals surface area contributed by atoms with Gasteiger partial charge < -0.3 is 20.5 Å². The van der Waals surface area contributed by atoms with Gasteiger partial charge in [0.2, 0.25) is 0 Å². The molecule has 0 bridgehead atoms. The molecule has 0 aliphatic carbocycles. The van der Waals surface area contributed by atoms with Gasteiger partial charge in [-0.05, 0) is 24.6 Å². The Labute approximate surface area is 161 Å². The fraction of sp³-hybridized carbons (Fsp3) is 0.263. The number of fused-ring (bicyclic) bond motifs is 1. The van der Waals surface area contributed by atoms with Crippen molar-refractivity contribution in [2.75, 3.05) is 25.1 Å². The largest absolute Gasteiger partial charge is 0.493 e. The Morgan fingerprint density at radius 1 is 1.29 bits per heavy atom. The molecule has 4 rings (SSSR count). The first-order valence-electron chi connectivity index (χ1n) is 8.95. The van der Waals surface area contributed by atoms with Crippen LogP contribution in [0.15, 0.2) is 30.6 Å². The Kier molecular flexibility index (Phi) is 5.03. The first-order chi connectivity index (χ1) is 13.8. The van der Waals surface area contributed by atoms with Crippen molar-refractivity contribution >= 4 is 11.6 Å². The van der Waals surface area contributed by atoms with Gasteiger partial charge in [0, 0.05) is 12.5 Å². The van der Waals surface area contributed by atoms with Crippen LogP contribution < -0.4 is 20.5 Å². The molecule has 28 heavy (non-hydrogen) atoms. The Bertz CT molecular complexity index is 1010. The summed E-state index contributed by atoms with van der Waals surface area (Å²) in [6.45, 7) is 1.75. The lowest BCUT2D eigenvalue weighted by atomic mass is 10.0. The average molecular weight is 377 g/mol. The van der Waals surface area contributed by atoms with E-state index in [0.29, 0.717) is 31.4 Å². The molecular formula is C19H19N7O2. The van der Waals surface area contributed by atoms with Crippen LogP contribution in [0.3, 0.4) is 0 Å². The van der Waals surface area contributed by atoms with Crippen LogP contribution in [0.1, 0.15) is 17.7 Å². The van der Waals surface area contributed by atoms with Crippen molar-refractivity contribution in [1.82, 2.24) is 20.2 Å². The number of nitrogens with two attached hydrogens (primary N) is 1. The van der Waals surface area contributed by atoms with E-state index in [4.69, 9.17) is 20.5 Å². The summed E-state index contributed by atoms with van der Waals surface area (Å²) < 4.78 is 11.8. The molecule has 0 spiro atoms. The number of ether oxygens (including phenoxy) is 2. The Morgan fingerprint density at radius 2 is 2.21 bits per heavy atom. The van der Waals surface area contributed by atoms with Crippen molar-refractivity contribution < 1.29 is 9.47 Å². The molecule has 4 N–H and O–H groups in total. The summed E-state index contributed by atoms with van der Waals surface area (Å²) in [6.07, 6.45) is 4.52. The second kappa shape index (κ2) is 7.94. The number of aromatic nitrogens is 4. The van der Waals surface area contributed by atoms with Crippen LogP contribution in [-0.4, -0.2) is 39.9 Å². The van der Waals surface area contributed by atoms with E-state index in [9.17, 15) is 0 Å². The normalized spacial score (nSPS) is 12.1. The molecule has 0 saturated heterocycles. The summed E-state index contributed by atoms with van der Waals surface area (Å²) in [7, 11) is 0. The summed E-state index contributed by atoms with van der Waals surface area (Å²) in [6, 6.07) is 7.78. The third-order valence-corrected chi connectivity index (χ3v) is 4.29. The predicted molar refractivity (Wildman–Crippen MR) is 102 cm³/mol.